The van der Waals surface area contributed by atoms with Crippen LogP contribution >= 0.6 is 0 Å². The number of aliphatic hydroxyl groups is 1. The number of aryl methyl sites for hydroxylation is 3. The molecule has 41 heavy (non-hydrogen) atoms. The van der Waals surface area contributed by atoms with Crippen LogP contribution in [0.3, 0.4) is 0 Å². The van der Waals surface area contributed by atoms with Crippen LogP contribution < -0.4 is 10.1 Å². The summed E-state index contributed by atoms with van der Waals surface area (Å²) in [5.41, 5.74) is 5.19. The number of hydrogen-bond donors (Lipinski definition) is 3. The van der Waals surface area contributed by atoms with E-state index in [1.807, 2.05) is 55.5 Å². The number of rotatable bonds is 10. The summed E-state index contributed by atoms with van der Waals surface area (Å²) in [4.78, 5) is 24.2. The van der Waals surface area contributed by atoms with Gasteiger partial charge in [-0.1, -0.05) is 47.6 Å². The predicted octanol–water partition coefficient (Wildman–Crippen LogP) is 5.34. The Hall–Kier alpha value is -4.89. The smallest absolute Gasteiger partial charge is 0.341 e. The van der Waals surface area contributed by atoms with E-state index in [1.54, 1.807) is 38.1 Å². The standard InChI is InChI=1S/C32H30N2O7/c1-18-13-24(39-17-29(36)37)10-11-25(18)31(22-7-5-4-6-8-22)33-28(35)15-21-9-12-26-23(14-21)16-27(40-26)32(38)30-19(2)34-41-20(30)3/h4-14,16,31-32,38H,15,17H2,1-3H3,(H,33,35)(H,36,37). The summed E-state index contributed by atoms with van der Waals surface area (Å²) in [6.45, 7) is 4.97. The van der Waals surface area contributed by atoms with Crippen molar-refractivity contribution in [1.82, 2.24) is 10.5 Å². The number of nitrogens with one attached hydrogen (secondary N) is 1. The molecule has 0 bridgehead atoms. The maximum Gasteiger partial charge on any atom is 0.341 e. The number of aliphatic carboxylic acids is 1. The molecule has 0 saturated heterocycles. The molecule has 0 fully saturated rings. The number of aromatic nitrogens is 1. The molecule has 3 N–H and O–H groups in total. The van der Waals surface area contributed by atoms with Crippen LogP contribution in [0, 0.1) is 20.8 Å². The molecule has 210 valence electrons. The first kappa shape index (κ1) is 27.7. The number of amides is 1. The van der Waals surface area contributed by atoms with E-state index in [-0.39, 0.29) is 12.3 Å². The fourth-order valence-electron chi connectivity index (χ4n) is 4.97. The van der Waals surface area contributed by atoms with Crippen molar-refractivity contribution >= 4 is 22.8 Å². The summed E-state index contributed by atoms with van der Waals surface area (Å²) in [5.74, 6) is 0.106. The Balaban J connectivity index is 1.35. The largest absolute Gasteiger partial charge is 0.482 e. The van der Waals surface area contributed by atoms with Crippen LogP contribution in [0.25, 0.3) is 11.0 Å². The van der Waals surface area contributed by atoms with Gasteiger partial charge >= 0.3 is 5.97 Å². The SMILES string of the molecule is Cc1cc(OCC(=O)O)ccc1C(NC(=O)Cc1ccc2oc(C(O)c3c(C)noc3C)cc2c1)c1ccccc1. The van der Waals surface area contributed by atoms with Gasteiger partial charge in [0.25, 0.3) is 0 Å². The first-order valence-electron chi connectivity index (χ1n) is 13.1. The maximum atomic E-state index is 13.3. The zero-order valence-corrected chi connectivity index (χ0v) is 22.9. The molecule has 0 spiro atoms. The van der Waals surface area contributed by atoms with Crippen LogP contribution in [0.2, 0.25) is 0 Å². The normalized spacial score (nSPS) is 12.7. The van der Waals surface area contributed by atoms with Gasteiger partial charge in [0.2, 0.25) is 5.91 Å². The first-order chi connectivity index (χ1) is 19.7. The van der Waals surface area contributed by atoms with Gasteiger partial charge in [-0.15, -0.1) is 0 Å². The number of carboxylic acids is 1. The number of carboxylic acid groups (broad SMARTS) is 1. The van der Waals surface area contributed by atoms with Crippen LogP contribution in [-0.4, -0.2) is 33.9 Å². The van der Waals surface area contributed by atoms with Gasteiger partial charge < -0.3 is 29.2 Å². The van der Waals surface area contributed by atoms with Crippen molar-refractivity contribution in [3.05, 3.63) is 118 Å². The van der Waals surface area contributed by atoms with Crippen molar-refractivity contribution in [2.45, 2.75) is 39.3 Å². The Morgan fingerprint density at radius 1 is 1.00 bits per heavy atom. The zero-order valence-electron chi connectivity index (χ0n) is 22.9. The van der Waals surface area contributed by atoms with E-state index in [0.717, 1.165) is 27.6 Å². The molecule has 2 heterocycles. The molecule has 1 amide bonds. The Morgan fingerprint density at radius 2 is 1.78 bits per heavy atom. The first-order valence-corrected chi connectivity index (χ1v) is 13.1. The Morgan fingerprint density at radius 3 is 2.46 bits per heavy atom. The lowest BCUT2D eigenvalue weighted by Gasteiger charge is -2.22. The lowest BCUT2D eigenvalue weighted by molar-refractivity contribution is -0.139. The highest BCUT2D eigenvalue weighted by Crippen LogP contribution is 2.32. The number of carbonyl (C=O) groups is 2. The third-order valence-corrected chi connectivity index (χ3v) is 6.95. The summed E-state index contributed by atoms with van der Waals surface area (Å²) >= 11 is 0. The van der Waals surface area contributed by atoms with Gasteiger partial charge in [0.1, 0.15) is 29.0 Å². The fourth-order valence-corrected chi connectivity index (χ4v) is 4.97. The second kappa shape index (κ2) is 11.7. The van der Waals surface area contributed by atoms with E-state index >= 15 is 0 Å². The maximum absolute atomic E-state index is 13.3. The Labute approximate surface area is 236 Å². The minimum absolute atomic E-state index is 0.130. The molecule has 2 aromatic heterocycles. The number of hydrogen-bond acceptors (Lipinski definition) is 7. The summed E-state index contributed by atoms with van der Waals surface area (Å²) in [5, 5.41) is 27.6. The molecule has 0 aliphatic heterocycles. The lowest BCUT2D eigenvalue weighted by Crippen LogP contribution is -2.31. The van der Waals surface area contributed by atoms with Crippen molar-refractivity contribution < 1.29 is 33.5 Å². The molecule has 2 atom stereocenters. The zero-order chi connectivity index (χ0) is 29.1. The average Bonchev–Trinajstić information content (AvgIpc) is 3.53. The number of nitrogens with zero attached hydrogens (tertiary/aromatic N) is 1. The molecule has 9 heteroatoms. The molecular weight excluding hydrogens is 524 g/mol. The van der Waals surface area contributed by atoms with E-state index in [4.69, 9.17) is 18.8 Å². The molecule has 3 aromatic carbocycles. The van der Waals surface area contributed by atoms with E-state index in [0.29, 0.717) is 34.1 Å². The Bertz CT molecular complexity index is 1680. The second-order valence-corrected chi connectivity index (χ2v) is 9.95. The van der Waals surface area contributed by atoms with Gasteiger partial charge in [0, 0.05) is 5.39 Å². The van der Waals surface area contributed by atoms with E-state index < -0.39 is 24.7 Å². The highest BCUT2D eigenvalue weighted by atomic mass is 16.5. The molecule has 0 aliphatic carbocycles. The molecular formula is C32H30N2O7. The third-order valence-electron chi connectivity index (χ3n) is 6.95. The number of fused-ring (bicyclic) bond motifs is 1. The van der Waals surface area contributed by atoms with Crippen molar-refractivity contribution in [1.29, 1.82) is 0 Å². The van der Waals surface area contributed by atoms with Gasteiger partial charge in [0.15, 0.2) is 6.61 Å². The van der Waals surface area contributed by atoms with Crippen LogP contribution in [0.4, 0.5) is 0 Å². The van der Waals surface area contributed by atoms with Crippen LogP contribution in [0.15, 0.2) is 81.7 Å². The molecule has 0 aliphatic rings. The number of carbonyl (C=O) groups excluding carboxylic acids is 1. The van der Waals surface area contributed by atoms with Gasteiger partial charge in [-0.2, -0.15) is 0 Å². The summed E-state index contributed by atoms with van der Waals surface area (Å²) in [6.07, 6.45) is -0.887. The molecule has 5 aromatic rings. The van der Waals surface area contributed by atoms with E-state index in [9.17, 15) is 14.7 Å². The van der Waals surface area contributed by atoms with Crippen molar-refractivity contribution in [3.8, 4) is 5.75 Å². The summed E-state index contributed by atoms with van der Waals surface area (Å²) < 4.78 is 16.4. The molecule has 0 saturated carbocycles. The quantitative estimate of drug-likeness (QED) is 0.211. The monoisotopic (exact) mass is 554 g/mol. The number of furan rings is 1. The van der Waals surface area contributed by atoms with Crippen LogP contribution in [0.5, 0.6) is 5.75 Å². The fraction of sp³-hybridized carbons (Fsp3) is 0.219. The summed E-state index contributed by atoms with van der Waals surface area (Å²) in [6, 6.07) is 21.8. The van der Waals surface area contributed by atoms with Crippen molar-refractivity contribution in [2.24, 2.45) is 0 Å². The van der Waals surface area contributed by atoms with Crippen LogP contribution in [-0.2, 0) is 16.0 Å². The molecule has 2 unspecified atom stereocenters. The lowest BCUT2D eigenvalue weighted by atomic mass is 9.94. The third kappa shape index (κ3) is 6.15. The van der Waals surface area contributed by atoms with Crippen molar-refractivity contribution in [3.63, 3.8) is 0 Å². The van der Waals surface area contributed by atoms with Gasteiger partial charge in [-0.25, -0.2) is 4.79 Å². The highest BCUT2D eigenvalue weighted by Gasteiger charge is 2.24. The number of ether oxygens (including phenoxy) is 1. The van der Waals surface area contributed by atoms with E-state index in [1.165, 1.54) is 0 Å². The number of benzene rings is 3. The van der Waals surface area contributed by atoms with Gasteiger partial charge in [-0.3, -0.25) is 4.79 Å². The topological polar surface area (TPSA) is 135 Å². The van der Waals surface area contributed by atoms with Crippen LogP contribution in [0.1, 0.15) is 57.2 Å². The van der Waals surface area contributed by atoms with Crippen molar-refractivity contribution in [2.75, 3.05) is 6.61 Å². The minimum Gasteiger partial charge on any atom is -0.482 e. The predicted molar refractivity (Wildman–Crippen MR) is 151 cm³/mol. The second-order valence-electron chi connectivity index (χ2n) is 9.95. The van der Waals surface area contributed by atoms with Gasteiger partial charge in [-0.05, 0) is 73.4 Å². The Kier molecular flexibility index (Phi) is 7.89. The highest BCUT2D eigenvalue weighted by molar-refractivity contribution is 5.83. The molecule has 5 rings (SSSR count). The van der Waals surface area contributed by atoms with Gasteiger partial charge in [0.05, 0.1) is 23.7 Å². The van der Waals surface area contributed by atoms with E-state index in [2.05, 4.69) is 10.5 Å². The molecule has 0 radical (unpaired) electrons. The number of aliphatic hydroxyl groups excluding tert-OH is 1. The average molecular weight is 555 g/mol. The minimum atomic E-state index is -1.05. The summed E-state index contributed by atoms with van der Waals surface area (Å²) in [7, 11) is 0. The molecule has 9 nitrogen and oxygen atoms in total.